The molecule has 9 nitrogen and oxygen atoms in total. The van der Waals surface area contributed by atoms with Crippen molar-refractivity contribution in [3.8, 4) is 28.2 Å². The molecule has 3 aromatic heterocycles. The predicted molar refractivity (Wildman–Crippen MR) is 129 cm³/mol. The second-order valence-corrected chi connectivity index (χ2v) is 8.24. The Kier molecular flexibility index (Phi) is 6.85. The molecule has 1 aromatic carbocycles. The van der Waals surface area contributed by atoms with Gasteiger partial charge in [0.25, 0.3) is 11.5 Å². The Morgan fingerprint density at radius 2 is 1.85 bits per heavy atom. The highest BCUT2D eigenvalue weighted by molar-refractivity contribution is 6.30. The third-order valence-corrected chi connectivity index (χ3v) is 5.34. The van der Waals surface area contributed by atoms with Crippen molar-refractivity contribution in [2.24, 2.45) is 7.05 Å². The fourth-order valence-corrected chi connectivity index (χ4v) is 3.55. The molecule has 0 spiro atoms. The maximum absolute atomic E-state index is 13.2. The van der Waals surface area contributed by atoms with Crippen LogP contribution in [0, 0.1) is 0 Å². The summed E-state index contributed by atoms with van der Waals surface area (Å²) in [5.41, 5.74) is 2.59. The molecule has 0 radical (unpaired) electrons. The minimum atomic E-state index is -0.551. The van der Waals surface area contributed by atoms with E-state index in [1.807, 2.05) is 24.3 Å². The van der Waals surface area contributed by atoms with Crippen molar-refractivity contribution < 1.29 is 9.53 Å². The second-order valence-electron chi connectivity index (χ2n) is 7.80. The molecule has 0 saturated carbocycles. The lowest BCUT2D eigenvalue weighted by atomic mass is 10.1. The van der Waals surface area contributed by atoms with E-state index in [1.165, 1.54) is 16.9 Å². The molecule has 0 fully saturated rings. The maximum atomic E-state index is 13.2. The third-order valence-electron chi connectivity index (χ3n) is 5.09. The summed E-state index contributed by atoms with van der Waals surface area (Å²) in [6.07, 6.45) is 4.81. The first-order chi connectivity index (χ1) is 16.4. The van der Waals surface area contributed by atoms with Crippen molar-refractivity contribution in [2.45, 2.75) is 13.0 Å². The molecule has 4 aromatic rings. The zero-order chi connectivity index (χ0) is 24.2. The Balaban J connectivity index is 1.76. The monoisotopic (exact) mass is 478 g/mol. The lowest BCUT2D eigenvalue weighted by Gasteiger charge is -2.14. The van der Waals surface area contributed by atoms with Crippen LogP contribution in [0.5, 0.6) is 0 Å². The molecule has 0 unspecified atom stereocenters. The average Bonchev–Trinajstić information content (AvgIpc) is 3.26. The van der Waals surface area contributed by atoms with E-state index in [0.29, 0.717) is 28.6 Å². The number of aromatic nitrogens is 5. The average molecular weight is 479 g/mol. The van der Waals surface area contributed by atoms with Gasteiger partial charge < -0.3 is 10.1 Å². The van der Waals surface area contributed by atoms with E-state index in [2.05, 4.69) is 20.5 Å². The topological polar surface area (TPSA) is 104 Å². The van der Waals surface area contributed by atoms with Crippen LogP contribution in [0.3, 0.4) is 0 Å². The Morgan fingerprint density at radius 3 is 2.47 bits per heavy atom. The van der Waals surface area contributed by atoms with Crippen LogP contribution >= 0.6 is 11.6 Å². The molecule has 34 heavy (non-hydrogen) atoms. The molecule has 10 heteroatoms. The number of ether oxygens (including phenoxy) is 1. The fourth-order valence-electron chi connectivity index (χ4n) is 3.42. The highest BCUT2D eigenvalue weighted by atomic mass is 35.5. The van der Waals surface area contributed by atoms with Gasteiger partial charge in [0.1, 0.15) is 11.3 Å². The van der Waals surface area contributed by atoms with Crippen molar-refractivity contribution in [1.29, 1.82) is 0 Å². The van der Waals surface area contributed by atoms with Crippen molar-refractivity contribution in [1.82, 2.24) is 29.9 Å². The van der Waals surface area contributed by atoms with Gasteiger partial charge in [0.2, 0.25) is 0 Å². The number of amides is 1. The first-order valence-corrected chi connectivity index (χ1v) is 10.9. The summed E-state index contributed by atoms with van der Waals surface area (Å²) in [7, 11) is 3.28. The smallest absolute Gasteiger partial charge is 0.284 e. The summed E-state index contributed by atoms with van der Waals surface area (Å²) in [4.78, 5) is 30.6. The first-order valence-electron chi connectivity index (χ1n) is 10.5. The van der Waals surface area contributed by atoms with Crippen molar-refractivity contribution >= 4 is 17.5 Å². The molecule has 3 heterocycles. The van der Waals surface area contributed by atoms with Crippen LogP contribution in [-0.4, -0.2) is 50.2 Å². The van der Waals surface area contributed by atoms with Gasteiger partial charge in [-0.05, 0) is 37.3 Å². The number of benzene rings is 1. The van der Waals surface area contributed by atoms with Crippen LogP contribution < -0.4 is 10.9 Å². The molecule has 174 valence electrons. The summed E-state index contributed by atoms with van der Waals surface area (Å²) in [6.45, 7) is 2.11. The molecule has 1 amide bonds. The van der Waals surface area contributed by atoms with E-state index in [9.17, 15) is 9.59 Å². The number of carbonyl (C=O) groups excluding carboxylic acids is 1. The number of halogens is 1. The normalized spacial score (nSPS) is 11.9. The quantitative estimate of drug-likeness (QED) is 0.437. The van der Waals surface area contributed by atoms with E-state index >= 15 is 0 Å². The molecule has 0 aliphatic heterocycles. The minimum absolute atomic E-state index is 0.0430. The van der Waals surface area contributed by atoms with E-state index in [4.69, 9.17) is 16.3 Å². The number of aryl methyl sites for hydroxylation is 1. The maximum Gasteiger partial charge on any atom is 0.284 e. The first kappa shape index (κ1) is 23.3. The molecular formula is C24H23ClN6O3. The number of hydrogen-bond acceptors (Lipinski definition) is 6. The Labute approximate surface area is 201 Å². The molecular weight excluding hydrogens is 456 g/mol. The van der Waals surface area contributed by atoms with Crippen molar-refractivity contribution in [3.63, 3.8) is 0 Å². The van der Waals surface area contributed by atoms with Crippen LogP contribution in [0.1, 0.15) is 17.3 Å². The minimum Gasteiger partial charge on any atom is -0.383 e. The number of carbonyl (C=O) groups is 1. The van der Waals surface area contributed by atoms with Crippen LogP contribution in [0.25, 0.3) is 28.2 Å². The number of hydrogen-bond donors (Lipinski definition) is 1. The summed E-state index contributed by atoms with van der Waals surface area (Å²) >= 11 is 5.97. The third kappa shape index (κ3) is 5.05. The predicted octanol–water partition coefficient (Wildman–Crippen LogP) is 3.11. The van der Waals surface area contributed by atoms with E-state index in [-0.39, 0.29) is 11.6 Å². The van der Waals surface area contributed by atoms with Gasteiger partial charge in [-0.3, -0.25) is 19.3 Å². The van der Waals surface area contributed by atoms with Crippen LogP contribution in [0.15, 0.2) is 65.8 Å². The molecule has 0 saturated heterocycles. The summed E-state index contributed by atoms with van der Waals surface area (Å²) in [5.74, 6) is -0.512. The van der Waals surface area contributed by atoms with Crippen molar-refractivity contribution in [3.05, 3.63) is 82.0 Å². The number of methoxy groups -OCH3 is 1. The number of nitrogens with one attached hydrogen (secondary N) is 1. The number of rotatable bonds is 7. The largest absolute Gasteiger partial charge is 0.383 e. The zero-order valence-electron chi connectivity index (χ0n) is 18.9. The van der Waals surface area contributed by atoms with E-state index in [0.717, 1.165) is 11.3 Å². The Morgan fingerprint density at radius 1 is 1.12 bits per heavy atom. The van der Waals surface area contributed by atoms with Crippen LogP contribution in [0.2, 0.25) is 5.02 Å². The molecule has 0 aliphatic carbocycles. The molecule has 0 aliphatic rings. The van der Waals surface area contributed by atoms with Gasteiger partial charge in [-0.2, -0.15) is 14.9 Å². The lowest BCUT2D eigenvalue weighted by molar-refractivity contribution is 0.0903. The Hall–Kier alpha value is -3.82. The van der Waals surface area contributed by atoms with Crippen LogP contribution in [0.4, 0.5) is 0 Å². The van der Waals surface area contributed by atoms with Gasteiger partial charge in [0, 0.05) is 42.5 Å². The highest BCUT2D eigenvalue weighted by Crippen LogP contribution is 2.23. The van der Waals surface area contributed by atoms with Gasteiger partial charge in [-0.15, -0.1) is 0 Å². The second kappa shape index (κ2) is 9.98. The highest BCUT2D eigenvalue weighted by Gasteiger charge is 2.19. The molecule has 1 atom stereocenters. The summed E-state index contributed by atoms with van der Waals surface area (Å²) in [5, 5.41) is 12.0. The summed E-state index contributed by atoms with van der Waals surface area (Å²) in [6, 6.07) is 12.3. The summed E-state index contributed by atoms with van der Waals surface area (Å²) < 4.78 is 7.80. The lowest BCUT2D eigenvalue weighted by Crippen LogP contribution is -2.39. The SMILES string of the molecule is COC[C@H](C)NC(=O)c1cc(-c2ccc(-c3ccc(Cl)cc3)nc2)nn(-c2cnn(C)c2)c1=O. The van der Waals surface area contributed by atoms with Gasteiger partial charge in [-0.1, -0.05) is 23.7 Å². The van der Waals surface area contributed by atoms with E-state index < -0.39 is 11.5 Å². The standard InChI is InChI=1S/C24H23ClN6O3/c1-15(14-34-3)28-23(32)20-10-22(29-31(24(20)33)19-12-27-30(2)13-19)17-6-9-21(26-11-17)16-4-7-18(25)8-5-16/h4-13,15H,14H2,1-3H3,(H,28,32)/t15-/m0/s1. The van der Waals surface area contributed by atoms with Gasteiger partial charge in [0.15, 0.2) is 0 Å². The van der Waals surface area contributed by atoms with Gasteiger partial charge >= 0.3 is 0 Å². The van der Waals surface area contributed by atoms with Gasteiger partial charge in [0.05, 0.1) is 30.4 Å². The van der Waals surface area contributed by atoms with Gasteiger partial charge in [-0.25, -0.2) is 0 Å². The molecule has 4 rings (SSSR count). The molecule has 1 N–H and O–H groups in total. The Bertz CT molecular complexity index is 1360. The van der Waals surface area contributed by atoms with Crippen molar-refractivity contribution in [2.75, 3.05) is 13.7 Å². The number of pyridine rings is 1. The molecule has 0 bridgehead atoms. The number of nitrogens with zero attached hydrogens (tertiary/aromatic N) is 5. The van der Waals surface area contributed by atoms with E-state index in [1.54, 1.807) is 50.3 Å². The zero-order valence-corrected chi connectivity index (χ0v) is 19.7. The fraction of sp³-hybridized carbons (Fsp3) is 0.208. The van der Waals surface area contributed by atoms with Crippen LogP contribution in [-0.2, 0) is 11.8 Å².